The van der Waals surface area contributed by atoms with Gasteiger partial charge in [-0.05, 0) is 22.9 Å². The van der Waals surface area contributed by atoms with Crippen LogP contribution in [0.1, 0.15) is 27.8 Å². The van der Waals surface area contributed by atoms with Gasteiger partial charge >= 0.3 is 0 Å². The lowest BCUT2D eigenvalue weighted by molar-refractivity contribution is -0.685. The molecule has 0 aliphatic rings. The number of carbonyl (C=O) groups is 2. The summed E-state index contributed by atoms with van der Waals surface area (Å²) in [6, 6.07) is 19.0. The predicted molar refractivity (Wildman–Crippen MR) is 84.9 cm³/mol. The molecule has 3 rings (SSSR count). The van der Waals surface area contributed by atoms with Crippen LogP contribution in [0, 0.1) is 0 Å². The Morgan fingerprint density at radius 1 is 0.909 bits per heavy atom. The summed E-state index contributed by atoms with van der Waals surface area (Å²) in [6.45, 7) is 1.67. The van der Waals surface area contributed by atoms with Gasteiger partial charge in [-0.15, -0.1) is 0 Å². The van der Waals surface area contributed by atoms with Crippen LogP contribution in [0.15, 0.2) is 66.9 Å². The number of hydrogen-bond donors (Lipinski definition) is 0. The zero-order valence-corrected chi connectivity index (χ0v) is 12.3. The molecule has 0 N–H and O–H groups in total. The first kappa shape index (κ1) is 14.1. The number of hydrogen-bond acceptors (Lipinski definition) is 2. The van der Waals surface area contributed by atoms with Gasteiger partial charge in [0.25, 0.3) is 0 Å². The van der Waals surface area contributed by atoms with E-state index in [2.05, 4.69) is 0 Å². The van der Waals surface area contributed by atoms with Crippen molar-refractivity contribution in [1.29, 1.82) is 0 Å². The maximum Gasteiger partial charge on any atom is 0.248 e. The molecule has 0 unspecified atom stereocenters. The molecular weight excluding hydrogens is 274 g/mol. The number of fused-ring (bicyclic) bond motifs is 1. The third-order valence-electron chi connectivity index (χ3n) is 3.69. The van der Waals surface area contributed by atoms with E-state index in [1.807, 2.05) is 48.5 Å². The number of carbonyl (C=O) groups excluding carboxylic acids is 2. The molecule has 3 aromatic rings. The molecule has 0 amide bonds. The summed E-state index contributed by atoms with van der Waals surface area (Å²) in [5.41, 5.74) is 1.20. The van der Waals surface area contributed by atoms with Gasteiger partial charge in [0.05, 0.1) is 0 Å². The maximum absolute atomic E-state index is 12.5. The van der Waals surface area contributed by atoms with E-state index in [-0.39, 0.29) is 18.1 Å². The van der Waals surface area contributed by atoms with Crippen LogP contribution in [-0.4, -0.2) is 11.6 Å². The van der Waals surface area contributed by atoms with Crippen LogP contribution in [0.3, 0.4) is 0 Å². The topological polar surface area (TPSA) is 38.0 Å². The van der Waals surface area contributed by atoms with Gasteiger partial charge in [0.1, 0.15) is 0 Å². The van der Waals surface area contributed by atoms with E-state index >= 15 is 0 Å². The molecule has 0 aliphatic carbocycles. The van der Waals surface area contributed by atoms with Crippen LogP contribution < -0.4 is 4.57 Å². The Bertz CT molecular complexity index is 868. The molecule has 108 valence electrons. The van der Waals surface area contributed by atoms with Crippen LogP contribution in [0.2, 0.25) is 0 Å². The molecule has 0 fully saturated rings. The summed E-state index contributed by atoms with van der Waals surface area (Å²) in [7, 11) is 0. The molecule has 3 heteroatoms. The third-order valence-corrected chi connectivity index (χ3v) is 3.69. The molecule has 1 aromatic heterocycles. The fourth-order valence-corrected chi connectivity index (χ4v) is 2.54. The van der Waals surface area contributed by atoms with E-state index in [1.54, 1.807) is 22.9 Å². The second-order valence-corrected chi connectivity index (χ2v) is 5.26. The molecular formula is C19H16NO2+. The average Bonchev–Trinajstić information content (AvgIpc) is 2.54. The SMILES string of the molecule is CC(=O)c1cccc[n+]1CC(=O)c1ccc2ccccc2c1. The second kappa shape index (κ2) is 5.90. The minimum atomic E-state index is -0.0492. The minimum absolute atomic E-state index is 0.00977. The number of aromatic nitrogens is 1. The van der Waals surface area contributed by atoms with Crippen LogP contribution in [0.5, 0.6) is 0 Å². The first-order chi connectivity index (χ1) is 10.6. The zero-order chi connectivity index (χ0) is 15.5. The predicted octanol–water partition coefficient (Wildman–Crippen LogP) is 3.21. The number of ketones is 2. The highest BCUT2D eigenvalue weighted by molar-refractivity contribution is 5.99. The van der Waals surface area contributed by atoms with E-state index < -0.39 is 0 Å². The lowest BCUT2D eigenvalue weighted by atomic mass is 10.0. The number of pyridine rings is 1. The largest absolute Gasteiger partial charge is 0.288 e. The van der Waals surface area contributed by atoms with Crippen molar-refractivity contribution in [3.8, 4) is 0 Å². The van der Waals surface area contributed by atoms with Crippen molar-refractivity contribution in [3.05, 3.63) is 78.1 Å². The van der Waals surface area contributed by atoms with Gasteiger partial charge in [-0.1, -0.05) is 36.4 Å². The quantitative estimate of drug-likeness (QED) is 0.546. The standard InChI is InChI=1S/C19H16NO2/c1-14(21)18-8-4-5-11-20(18)13-19(22)17-10-9-15-6-2-3-7-16(15)12-17/h2-12H,13H2,1H3/q+1. The highest BCUT2D eigenvalue weighted by atomic mass is 16.1. The Hall–Kier alpha value is -2.81. The Labute approximate surface area is 128 Å². The number of Topliss-reactive ketones (excluding diaryl/α,β-unsaturated/α-hetero) is 2. The maximum atomic E-state index is 12.5. The molecule has 22 heavy (non-hydrogen) atoms. The Morgan fingerprint density at radius 2 is 1.64 bits per heavy atom. The van der Waals surface area contributed by atoms with E-state index in [0.717, 1.165) is 10.8 Å². The van der Waals surface area contributed by atoms with Crippen molar-refractivity contribution < 1.29 is 14.2 Å². The van der Waals surface area contributed by atoms with Crippen molar-refractivity contribution in [3.63, 3.8) is 0 Å². The molecule has 2 aromatic carbocycles. The number of rotatable bonds is 4. The minimum Gasteiger partial charge on any atom is -0.288 e. The average molecular weight is 290 g/mol. The van der Waals surface area contributed by atoms with Gasteiger partial charge in [0, 0.05) is 24.6 Å². The fourth-order valence-electron chi connectivity index (χ4n) is 2.54. The van der Waals surface area contributed by atoms with Gasteiger partial charge in [0.2, 0.25) is 23.8 Å². The smallest absolute Gasteiger partial charge is 0.248 e. The fraction of sp³-hybridized carbons (Fsp3) is 0.105. The van der Waals surface area contributed by atoms with Crippen molar-refractivity contribution in [2.45, 2.75) is 13.5 Å². The first-order valence-electron chi connectivity index (χ1n) is 7.16. The molecule has 0 saturated carbocycles. The van der Waals surface area contributed by atoms with Gasteiger partial charge < -0.3 is 0 Å². The Kier molecular flexibility index (Phi) is 3.79. The van der Waals surface area contributed by atoms with Crippen molar-refractivity contribution >= 4 is 22.3 Å². The molecule has 0 bridgehead atoms. The molecule has 0 saturated heterocycles. The number of nitrogens with zero attached hydrogens (tertiary/aromatic N) is 1. The first-order valence-corrected chi connectivity index (χ1v) is 7.16. The van der Waals surface area contributed by atoms with Crippen LogP contribution in [0.25, 0.3) is 10.8 Å². The summed E-state index contributed by atoms with van der Waals surface area (Å²) >= 11 is 0. The highest BCUT2D eigenvalue weighted by Gasteiger charge is 2.18. The van der Waals surface area contributed by atoms with Gasteiger partial charge in [-0.3, -0.25) is 9.59 Å². The number of benzene rings is 2. The summed E-state index contributed by atoms with van der Waals surface area (Å²) in [6.07, 6.45) is 1.76. The van der Waals surface area contributed by atoms with Gasteiger partial charge in [-0.2, -0.15) is 4.57 Å². The molecule has 0 atom stereocenters. The monoisotopic (exact) mass is 290 g/mol. The summed E-state index contributed by atoms with van der Waals surface area (Å²) in [5, 5.41) is 2.15. The third kappa shape index (κ3) is 2.79. The van der Waals surface area contributed by atoms with Crippen LogP contribution in [0.4, 0.5) is 0 Å². The lowest BCUT2D eigenvalue weighted by Crippen LogP contribution is -2.42. The summed E-state index contributed by atoms with van der Waals surface area (Å²) < 4.78 is 1.69. The molecule has 0 spiro atoms. The van der Waals surface area contributed by atoms with Crippen molar-refractivity contribution in [2.24, 2.45) is 0 Å². The van der Waals surface area contributed by atoms with Crippen LogP contribution >= 0.6 is 0 Å². The van der Waals surface area contributed by atoms with E-state index in [4.69, 9.17) is 0 Å². The van der Waals surface area contributed by atoms with Gasteiger partial charge in [-0.25, -0.2) is 0 Å². The second-order valence-electron chi connectivity index (χ2n) is 5.26. The van der Waals surface area contributed by atoms with Crippen LogP contribution in [-0.2, 0) is 6.54 Å². The zero-order valence-electron chi connectivity index (χ0n) is 12.3. The normalized spacial score (nSPS) is 10.6. The highest BCUT2D eigenvalue weighted by Crippen LogP contribution is 2.16. The molecule has 0 aliphatic heterocycles. The summed E-state index contributed by atoms with van der Waals surface area (Å²) in [4.78, 5) is 24.1. The molecule has 0 radical (unpaired) electrons. The van der Waals surface area contributed by atoms with Crippen molar-refractivity contribution in [2.75, 3.05) is 0 Å². The Morgan fingerprint density at radius 3 is 2.41 bits per heavy atom. The summed E-state index contributed by atoms with van der Waals surface area (Å²) in [5.74, 6) is -0.0589. The van der Waals surface area contributed by atoms with Crippen molar-refractivity contribution in [1.82, 2.24) is 0 Å². The van der Waals surface area contributed by atoms with E-state index in [0.29, 0.717) is 11.3 Å². The van der Waals surface area contributed by atoms with Gasteiger partial charge in [0.15, 0.2) is 6.20 Å². The molecule has 3 nitrogen and oxygen atoms in total. The Balaban J connectivity index is 1.92. The van der Waals surface area contributed by atoms with E-state index in [9.17, 15) is 9.59 Å². The van der Waals surface area contributed by atoms with E-state index in [1.165, 1.54) is 6.92 Å². The lowest BCUT2D eigenvalue weighted by Gasteiger charge is -2.03. The molecule has 1 heterocycles.